The Morgan fingerprint density at radius 2 is 1.67 bits per heavy atom. The van der Waals surface area contributed by atoms with E-state index in [4.69, 9.17) is 0 Å². The minimum Gasteiger partial charge on any atom is -0.355 e. The molecule has 0 aliphatic carbocycles. The first-order valence-electron chi connectivity index (χ1n) is 9.55. The molecule has 5 heteroatoms. The molecular weight excluding hydrogens is 392 g/mol. The molecule has 0 heterocycles. The van der Waals surface area contributed by atoms with E-state index in [9.17, 15) is 9.59 Å². The Bertz CT molecular complexity index is 804. The number of hydrogen-bond donors (Lipinski definition) is 2. The summed E-state index contributed by atoms with van der Waals surface area (Å²) in [6.07, 6.45) is 7.45. The third kappa shape index (κ3) is 12.5. The summed E-state index contributed by atoms with van der Waals surface area (Å²) in [5.74, 6) is -0.745. The summed E-state index contributed by atoms with van der Waals surface area (Å²) in [6.45, 7) is 18.3. The minimum absolute atomic E-state index is 0.0888. The van der Waals surface area contributed by atoms with Crippen LogP contribution in [0.4, 0.5) is 0 Å². The van der Waals surface area contributed by atoms with Crippen molar-refractivity contribution in [1.29, 1.82) is 0 Å². The molecule has 4 nitrogen and oxygen atoms in total. The van der Waals surface area contributed by atoms with Crippen LogP contribution in [0.15, 0.2) is 101 Å². The normalized spacial score (nSPS) is 11.1. The average molecular weight is 427 g/mol. The number of amides is 1. The molecule has 162 valence electrons. The first kappa shape index (κ1) is 29.3. The average Bonchev–Trinajstić information content (AvgIpc) is 2.72. The number of likely N-dealkylation sites (N-methyl/N-ethyl adjacent to an activating group) is 1. The molecule has 1 aromatic rings. The van der Waals surface area contributed by atoms with Gasteiger partial charge in [-0.1, -0.05) is 64.3 Å². The molecule has 1 N–H and O–H groups in total. The number of ketones is 1. The van der Waals surface area contributed by atoms with Crippen LogP contribution in [-0.4, -0.2) is 25.0 Å². The standard InChI is InChI=1S/C16H20N2O2.C6H6S.C3H8/c1-7-14(9-10-18-8-2)11(3)12(4)15(13(5)19)16(20)17-6;7-6-4-2-1-3-5-6;1-3-2/h7-10H,1-3H2,4-6H3,(H,17,20);1-5,7H;3H2,1-2H3/b14-9+,15-12-,18-10?;;. The van der Waals surface area contributed by atoms with Crippen molar-refractivity contribution in [2.75, 3.05) is 7.05 Å². The zero-order chi connectivity index (χ0) is 23.5. The highest BCUT2D eigenvalue weighted by atomic mass is 32.1. The predicted octanol–water partition coefficient (Wildman–Crippen LogP) is 5.91. The number of nitrogens with one attached hydrogen (secondary N) is 1. The summed E-state index contributed by atoms with van der Waals surface area (Å²) < 4.78 is 0. The first-order chi connectivity index (χ1) is 14.2. The van der Waals surface area contributed by atoms with E-state index in [0.29, 0.717) is 16.7 Å². The van der Waals surface area contributed by atoms with Gasteiger partial charge < -0.3 is 5.32 Å². The Kier molecular flexibility index (Phi) is 17.7. The van der Waals surface area contributed by atoms with E-state index in [2.05, 4.69) is 56.5 Å². The van der Waals surface area contributed by atoms with Crippen molar-refractivity contribution in [1.82, 2.24) is 5.32 Å². The van der Waals surface area contributed by atoms with Gasteiger partial charge in [0.1, 0.15) is 0 Å². The summed E-state index contributed by atoms with van der Waals surface area (Å²) in [7, 11) is 1.47. The minimum atomic E-state index is -0.431. The molecular formula is C25H34N2O2S. The Balaban J connectivity index is 0. The molecule has 0 atom stereocenters. The number of allylic oxidation sites excluding steroid dienone is 5. The first-order valence-corrected chi connectivity index (χ1v) is 10.0. The number of carbonyl (C=O) groups is 2. The van der Waals surface area contributed by atoms with Gasteiger partial charge >= 0.3 is 0 Å². The summed E-state index contributed by atoms with van der Waals surface area (Å²) >= 11 is 4.08. The summed E-state index contributed by atoms with van der Waals surface area (Å²) in [4.78, 5) is 28.2. The predicted molar refractivity (Wildman–Crippen MR) is 133 cm³/mol. The van der Waals surface area contributed by atoms with Gasteiger partial charge in [-0.3, -0.25) is 14.6 Å². The molecule has 0 bridgehead atoms. The van der Waals surface area contributed by atoms with E-state index in [1.54, 1.807) is 19.1 Å². The second-order valence-corrected chi connectivity index (χ2v) is 6.48. The number of nitrogens with zero attached hydrogens (tertiary/aromatic N) is 1. The van der Waals surface area contributed by atoms with Crippen molar-refractivity contribution in [2.45, 2.75) is 39.0 Å². The van der Waals surface area contributed by atoms with Gasteiger partial charge in [0, 0.05) is 24.4 Å². The summed E-state index contributed by atoms with van der Waals surface area (Å²) in [6, 6.07) is 9.79. The van der Waals surface area contributed by atoms with Gasteiger partial charge in [-0.2, -0.15) is 0 Å². The van der Waals surface area contributed by atoms with E-state index in [-0.39, 0.29) is 11.4 Å². The lowest BCUT2D eigenvalue weighted by Gasteiger charge is -2.11. The molecule has 0 saturated carbocycles. The lowest BCUT2D eigenvalue weighted by molar-refractivity contribution is -0.121. The topological polar surface area (TPSA) is 58.5 Å². The quantitative estimate of drug-likeness (QED) is 0.142. The van der Waals surface area contributed by atoms with Gasteiger partial charge in [0.25, 0.3) is 5.91 Å². The fraction of sp³-hybridized carbons (Fsp3) is 0.240. The van der Waals surface area contributed by atoms with E-state index >= 15 is 0 Å². The molecule has 0 saturated heterocycles. The molecule has 1 aromatic carbocycles. The van der Waals surface area contributed by atoms with Crippen LogP contribution in [-0.2, 0) is 9.59 Å². The van der Waals surface area contributed by atoms with Crippen molar-refractivity contribution >= 4 is 30.5 Å². The highest BCUT2D eigenvalue weighted by Crippen LogP contribution is 2.21. The van der Waals surface area contributed by atoms with Crippen LogP contribution >= 0.6 is 12.6 Å². The van der Waals surface area contributed by atoms with Gasteiger partial charge in [-0.25, -0.2) is 0 Å². The third-order valence-corrected chi connectivity index (χ3v) is 3.70. The van der Waals surface area contributed by atoms with E-state index < -0.39 is 5.91 Å². The summed E-state index contributed by atoms with van der Waals surface area (Å²) in [5.41, 5.74) is 1.82. The molecule has 0 aliphatic rings. The molecule has 1 amide bonds. The van der Waals surface area contributed by atoms with E-state index in [1.807, 2.05) is 30.3 Å². The zero-order valence-electron chi connectivity index (χ0n) is 18.7. The van der Waals surface area contributed by atoms with E-state index in [1.165, 1.54) is 32.8 Å². The lowest BCUT2D eigenvalue weighted by atomic mass is 9.94. The fourth-order valence-electron chi connectivity index (χ4n) is 1.99. The van der Waals surface area contributed by atoms with Gasteiger partial charge in [0.2, 0.25) is 0 Å². The van der Waals surface area contributed by atoms with Crippen LogP contribution in [0.5, 0.6) is 0 Å². The third-order valence-electron chi connectivity index (χ3n) is 3.40. The van der Waals surface area contributed by atoms with Crippen molar-refractivity contribution < 1.29 is 9.59 Å². The highest BCUT2D eigenvalue weighted by Gasteiger charge is 2.18. The van der Waals surface area contributed by atoms with Crippen LogP contribution in [0.1, 0.15) is 34.1 Å². The number of aliphatic imine (C=N–C) groups is 1. The number of Topliss-reactive ketones (excluding diaryl/α,β-unsaturated/α-hetero) is 1. The number of carbonyl (C=O) groups excluding carboxylic acids is 2. The van der Waals surface area contributed by atoms with Crippen molar-refractivity contribution in [3.63, 3.8) is 0 Å². The molecule has 0 aromatic heterocycles. The second-order valence-electron chi connectivity index (χ2n) is 5.96. The SMILES string of the molecule is C=CN=C/C=C(\C=C)C(=C)/C(C)=C(/C(C)=O)C(=O)NC.CCC.Sc1ccccc1. The number of thiol groups is 1. The van der Waals surface area contributed by atoms with E-state index in [0.717, 1.165) is 4.90 Å². The maximum absolute atomic E-state index is 11.8. The van der Waals surface area contributed by atoms with Gasteiger partial charge in [0.15, 0.2) is 5.78 Å². The van der Waals surface area contributed by atoms with Crippen molar-refractivity contribution in [3.05, 3.63) is 90.7 Å². The number of rotatable bonds is 7. The fourth-order valence-corrected chi connectivity index (χ4v) is 2.16. The molecule has 0 fully saturated rings. The second kappa shape index (κ2) is 18.1. The monoisotopic (exact) mass is 426 g/mol. The molecule has 0 unspecified atom stereocenters. The molecule has 0 aliphatic heterocycles. The van der Waals surface area contributed by atoms with Crippen LogP contribution in [0, 0.1) is 0 Å². The van der Waals surface area contributed by atoms with Crippen LogP contribution < -0.4 is 5.32 Å². The Morgan fingerprint density at radius 3 is 2.00 bits per heavy atom. The van der Waals surface area contributed by atoms with Crippen molar-refractivity contribution in [3.8, 4) is 0 Å². The molecule has 30 heavy (non-hydrogen) atoms. The van der Waals surface area contributed by atoms with Gasteiger partial charge in [0.05, 0.1) is 5.57 Å². The van der Waals surface area contributed by atoms with Gasteiger partial charge in [-0.15, -0.1) is 12.6 Å². The molecule has 1 rings (SSSR count). The van der Waals surface area contributed by atoms with Crippen LogP contribution in [0.2, 0.25) is 0 Å². The van der Waals surface area contributed by atoms with Crippen molar-refractivity contribution in [2.24, 2.45) is 4.99 Å². The largest absolute Gasteiger partial charge is 0.355 e. The number of hydrogen-bond acceptors (Lipinski definition) is 4. The zero-order valence-corrected chi connectivity index (χ0v) is 19.6. The number of benzene rings is 1. The van der Waals surface area contributed by atoms with Gasteiger partial charge in [-0.05, 0) is 48.8 Å². The lowest BCUT2D eigenvalue weighted by Crippen LogP contribution is -2.25. The molecule has 0 radical (unpaired) electrons. The maximum Gasteiger partial charge on any atom is 0.254 e. The Hall–Kier alpha value is -2.92. The van der Waals surface area contributed by atoms with Crippen LogP contribution in [0.3, 0.4) is 0 Å². The highest BCUT2D eigenvalue weighted by molar-refractivity contribution is 7.80. The Labute approximate surface area is 187 Å². The Morgan fingerprint density at radius 1 is 1.13 bits per heavy atom. The maximum atomic E-state index is 11.8. The summed E-state index contributed by atoms with van der Waals surface area (Å²) in [5, 5.41) is 2.45. The smallest absolute Gasteiger partial charge is 0.254 e. The van der Waals surface area contributed by atoms with Crippen LogP contribution in [0.25, 0.3) is 0 Å². The molecule has 0 spiro atoms.